The number of nitrogen functional groups attached to an aromatic ring is 1. The van der Waals surface area contributed by atoms with Crippen molar-refractivity contribution >= 4 is 23.3 Å². The zero-order chi connectivity index (χ0) is 22.3. The second kappa shape index (κ2) is 7.96. The number of hydrogen-bond donors (Lipinski definition) is 2. The van der Waals surface area contributed by atoms with Gasteiger partial charge in [-0.05, 0) is 43.7 Å². The first-order chi connectivity index (χ1) is 14.7. The average Bonchev–Trinajstić information content (AvgIpc) is 3.19. The number of nitrogens with two attached hydrogens (primary N) is 1. The summed E-state index contributed by atoms with van der Waals surface area (Å²) in [6.45, 7) is 5.12. The van der Waals surface area contributed by atoms with E-state index >= 15 is 0 Å². The molecule has 2 aromatic heterocycles. The molecule has 0 aromatic carbocycles. The minimum Gasteiger partial charge on any atom is -0.383 e. The highest BCUT2D eigenvalue weighted by Crippen LogP contribution is 2.39. The fourth-order valence-electron chi connectivity index (χ4n) is 4.55. The van der Waals surface area contributed by atoms with Gasteiger partial charge in [0.1, 0.15) is 17.2 Å². The fraction of sp³-hybridized carbons (Fsp3) is 0.545. The van der Waals surface area contributed by atoms with E-state index in [1.807, 2.05) is 32.0 Å². The Balaban J connectivity index is 1.63. The van der Waals surface area contributed by atoms with Crippen molar-refractivity contribution in [3.05, 3.63) is 39.3 Å². The summed E-state index contributed by atoms with van der Waals surface area (Å²) in [6, 6.07) is 3.64. The van der Waals surface area contributed by atoms with Crippen molar-refractivity contribution in [2.45, 2.75) is 26.2 Å². The Morgan fingerprint density at radius 2 is 1.94 bits per heavy atom. The minimum atomic E-state index is -0.312. The lowest BCUT2D eigenvalue weighted by Crippen LogP contribution is -2.43. The van der Waals surface area contributed by atoms with E-state index in [2.05, 4.69) is 14.9 Å². The van der Waals surface area contributed by atoms with Gasteiger partial charge in [-0.2, -0.15) is 4.98 Å². The summed E-state index contributed by atoms with van der Waals surface area (Å²) in [5, 5.41) is 8.68. The molecule has 0 unspecified atom stereocenters. The van der Waals surface area contributed by atoms with Gasteiger partial charge in [0, 0.05) is 52.1 Å². The smallest absolute Gasteiger partial charge is 0.266 e. The van der Waals surface area contributed by atoms with Gasteiger partial charge in [0.25, 0.3) is 5.56 Å². The number of nitrogens with zero attached hydrogens (tertiary/aromatic N) is 5. The highest BCUT2D eigenvalue weighted by Gasteiger charge is 2.39. The molecule has 3 N–H and O–H groups in total. The molecular weight excluding hydrogens is 394 g/mol. The lowest BCUT2D eigenvalue weighted by atomic mass is 9.78. The van der Waals surface area contributed by atoms with Crippen LogP contribution in [0.15, 0.2) is 16.9 Å². The summed E-state index contributed by atoms with van der Waals surface area (Å²) >= 11 is 0. The van der Waals surface area contributed by atoms with Gasteiger partial charge in [-0.1, -0.05) is 0 Å². The van der Waals surface area contributed by atoms with E-state index in [-0.39, 0.29) is 28.1 Å². The first-order valence-electron chi connectivity index (χ1n) is 10.7. The molecule has 0 saturated carbocycles. The molecule has 4 heterocycles. The van der Waals surface area contributed by atoms with Crippen LogP contribution in [0.4, 0.5) is 17.6 Å². The number of piperidine rings is 1. The largest absolute Gasteiger partial charge is 0.383 e. The molecular formula is C22H31N7O2. The van der Waals surface area contributed by atoms with Crippen molar-refractivity contribution in [1.29, 1.82) is 5.41 Å². The first kappa shape index (κ1) is 21.3. The van der Waals surface area contributed by atoms with Crippen molar-refractivity contribution in [3.8, 4) is 0 Å². The molecule has 0 aliphatic carbocycles. The summed E-state index contributed by atoms with van der Waals surface area (Å²) in [4.78, 5) is 26.3. The number of anilines is 3. The zero-order valence-corrected chi connectivity index (χ0v) is 18.7. The molecule has 4 rings (SSSR count). The van der Waals surface area contributed by atoms with Crippen molar-refractivity contribution in [1.82, 2.24) is 14.5 Å². The molecule has 0 amide bonds. The van der Waals surface area contributed by atoms with E-state index in [1.165, 1.54) is 4.57 Å². The SMILES string of the molecule is Cc1nc(N(C)C)ccc1C(=N)c1c(N)nc(N2CCC3(CCOC3)CC2)n(C)c1=O. The highest BCUT2D eigenvalue weighted by molar-refractivity contribution is 6.13. The molecule has 2 saturated heterocycles. The van der Waals surface area contributed by atoms with E-state index < -0.39 is 0 Å². The molecule has 2 aliphatic rings. The Morgan fingerprint density at radius 1 is 1.23 bits per heavy atom. The third kappa shape index (κ3) is 3.78. The molecule has 2 aromatic rings. The van der Waals surface area contributed by atoms with Crippen LogP contribution in [0.1, 0.15) is 36.1 Å². The van der Waals surface area contributed by atoms with Gasteiger partial charge in [-0.3, -0.25) is 14.8 Å². The molecule has 0 atom stereocenters. The predicted octanol–water partition coefficient (Wildman–Crippen LogP) is 1.55. The third-order valence-electron chi connectivity index (χ3n) is 6.64. The van der Waals surface area contributed by atoms with Crippen LogP contribution in [0.25, 0.3) is 0 Å². The maximum Gasteiger partial charge on any atom is 0.266 e. The van der Waals surface area contributed by atoms with Crippen LogP contribution < -0.4 is 21.1 Å². The molecule has 9 nitrogen and oxygen atoms in total. The Labute approximate surface area is 182 Å². The molecule has 9 heteroatoms. The number of nitrogens with one attached hydrogen (secondary N) is 1. The van der Waals surface area contributed by atoms with E-state index in [0.29, 0.717) is 17.2 Å². The quantitative estimate of drug-likeness (QED) is 0.715. The molecule has 31 heavy (non-hydrogen) atoms. The lowest BCUT2D eigenvalue weighted by molar-refractivity contribution is 0.133. The Bertz CT molecular complexity index is 1060. The van der Waals surface area contributed by atoms with Crippen LogP contribution >= 0.6 is 0 Å². The highest BCUT2D eigenvalue weighted by atomic mass is 16.5. The molecule has 1 spiro atoms. The Hall–Kier alpha value is -2.94. The van der Waals surface area contributed by atoms with Crippen molar-refractivity contribution in [2.24, 2.45) is 12.5 Å². The third-order valence-corrected chi connectivity index (χ3v) is 6.64. The minimum absolute atomic E-state index is 0.0492. The molecule has 2 fully saturated rings. The standard InChI is InChI=1S/C22H31N7O2/c1-14-15(5-6-16(25-14)27(2)3)18(23)17-19(24)26-21(28(4)20(17)30)29-10-7-22(8-11-29)9-12-31-13-22/h5-6,23H,7-13,24H2,1-4H3. The second-order valence-electron chi connectivity index (χ2n) is 8.90. The first-order valence-corrected chi connectivity index (χ1v) is 10.7. The van der Waals surface area contributed by atoms with Crippen LogP contribution in [0.3, 0.4) is 0 Å². The van der Waals surface area contributed by atoms with Crippen molar-refractivity contribution < 1.29 is 4.74 Å². The van der Waals surface area contributed by atoms with Crippen LogP contribution in [0, 0.1) is 17.7 Å². The number of aromatic nitrogens is 3. The number of rotatable bonds is 4. The Morgan fingerprint density at radius 3 is 2.52 bits per heavy atom. The molecule has 166 valence electrons. The predicted molar refractivity (Wildman–Crippen MR) is 122 cm³/mol. The van der Waals surface area contributed by atoms with Crippen molar-refractivity contribution in [2.75, 3.05) is 55.9 Å². The molecule has 2 aliphatic heterocycles. The van der Waals surface area contributed by atoms with Gasteiger partial charge in [-0.15, -0.1) is 0 Å². The van der Waals surface area contributed by atoms with Gasteiger partial charge in [0.2, 0.25) is 5.95 Å². The summed E-state index contributed by atoms with van der Waals surface area (Å²) in [5.74, 6) is 1.44. The maximum atomic E-state index is 13.2. The number of pyridine rings is 1. The average molecular weight is 426 g/mol. The van der Waals surface area contributed by atoms with Gasteiger partial charge < -0.3 is 20.3 Å². The van der Waals surface area contributed by atoms with Crippen LogP contribution in [-0.4, -0.2) is 60.6 Å². The fourth-order valence-corrected chi connectivity index (χ4v) is 4.55. The van der Waals surface area contributed by atoms with Crippen LogP contribution in [0.5, 0.6) is 0 Å². The van der Waals surface area contributed by atoms with E-state index in [0.717, 1.165) is 51.4 Å². The molecule has 0 bridgehead atoms. The van der Waals surface area contributed by atoms with Gasteiger partial charge in [0.15, 0.2) is 0 Å². The van der Waals surface area contributed by atoms with E-state index in [9.17, 15) is 4.79 Å². The summed E-state index contributed by atoms with van der Waals surface area (Å²) in [7, 11) is 5.51. The van der Waals surface area contributed by atoms with Gasteiger partial charge in [0.05, 0.1) is 12.3 Å². The van der Waals surface area contributed by atoms with Crippen LogP contribution in [-0.2, 0) is 11.8 Å². The monoisotopic (exact) mass is 425 g/mol. The summed E-state index contributed by atoms with van der Waals surface area (Å²) in [6.07, 6.45) is 3.14. The van der Waals surface area contributed by atoms with Gasteiger partial charge >= 0.3 is 0 Å². The van der Waals surface area contributed by atoms with E-state index in [4.69, 9.17) is 15.9 Å². The lowest BCUT2D eigenvalue weighted by Gasteiger charge is -2.39. The Kier molecular flexibility index (Phi) is 5.47. The zero-order valence-electron chi connectivity index (χ0n) is 18.7. The number of hydrogen-bond acceptors (Lipinski definition) is 8. The summed E-state index contributed by atoms with van der Waals surface area (Å²) < 4.78 is 7.13. The summed E-state index contributed by atoms with van der Waals surface area (Å²) in [5.41, 5.74) is 7.61. The maximum absolute atomic E-state index is 13.2. The number of ether oxygens (including phenoxy) is 1. The van der Waals surface area contributed by atoms with Crippen molar-refractivity contribution in [3.63, 3.8) is 0 Å². The topological polar surface area (TPSA) is 113 Å². The normalized spacial score (nSPS) is 17.9. The van der Waals surface area contributed by atoms with Gasteiger partial charge in [-0.25, -0.2) is 4.98 Å². The molecule has 0 radical (unpaired) electrons. The second-order valence-corrected chi connectivity index (χ2v) is 8.90. The van der Waals surface area contributed by atoms with Crippen LogP contribution in [0.2, 0.25) is 0 Å². The number of aryl methyl sites for hydroxylation is 1. The van der Waals surface area contributed by atoms with E-state index in [1.54, 1.807) is 13.1 Å².